The molecule has 5 nitrogen and oxygen atoms in total. The molecular formula is C7H7N5S. The molecule has 66 valence electrons. The van der Waals surface area contributed by atoms with Crippen LogP contribution in [-0.2, 0) is 0 Å². The Morgan fingerprint density at radius 2 is 2.00 bits per heavy atom. The number of hydrogen-bond donors (Lipinski definition) is 1. The van der Waals surface area contributed by atoms with Crippen molar-refractivity contribution in [2.24, 2.45) is 0 Å². The van der Waals surface area contributed by atoms with Crippen molar-refractivity contribution < 1.29 is 0 Å². The number of rotatable bonds is 2. The Hall–Kier alpha value is -1.56. The van der Waals surface area contributed by atoms with Gasteiger partial charge in [0.05, 0.1) is 0 Å². The lowest BCUT2D eigenvalue weighted by Gasteiger charge is -1.90. The molecule has 0 radical (unpaired) electrons. The Balaban J connectivity index is 2.36. The topological polar surface area (TPSA) is 63.6 Å². The molecule has 2 aromatic heterocycles. The second-order valence-corrected chi connectivity index (χ2v) is 3.27. The standard InChI is InChI=1S/C7H7N5S/c1-8-7-12-11-6(13-7)5-2-9-4-10-3-5/h2-4H,1H3,(H,8,12). The summed E-state index contributed by atoms with van der Waals surface area (Å²) in [6.45, 7) is 0. The predicted molar refractivity (Wildman–Crippen MR) is 50.5 cm³/mol. The van der Waals surface area contributed by atoms with Gasteiger partial charge in [-0.25, -0.2) is 9.97 Å². The first-order valence-corrected chi connectivity index (χ1v) is 4.48. The van der Waals surface area contributed by atoms with Gasteiger partial charge < -0.3 is 5.32 Å². The molecule has 1 N–H and O–H groups in total. The van der Waals surface area contributed by atoms with E-state index in [4.69, 9.17) is 0 Å². The van der Waals surface area contributed by atoms with E-state index in [-0.39, 0.29) is 0 Å². The maximum Gasteiger partial charge on any atom is 0.205 e. The number of nitrogens with zero attached hydrogens (tertiary/aromatic N) is 4. The highest BCUT2D eigenvalue weighted by atomic mass is 32.1. The first-order chi connectivity index (χ1) is 6.40. The van der Waals surface area contributed by atoms with Crippen molar-refractivity contribution >= 4 is 16.5 Å². The van der Waals surface area contributed by atoms with E-state index in [0.717, 1.165) is 15.7 Å². The van der Waals surface area contributed by atoms with Gasteiger partial charge >= 0.3 is 0 Å². The second kappa shape index (κ2) is 3.44. The molecule has 0 bridgehead atoms. The van der Waals surface area contributed by atoms with Crippen LogP contribution in [0.3, 0.4) is 0 Å². The monoisotopic (exact) mass is 193 g/mol. The highest BCUT2D eigenvalue weighted by Gasteiger charge is 2.04. The second-order valence-electron chi connectivity index (χ2n) is 2.29. The van der Waals surface area contributed by atoms with Gasteiger partial charge in [-0.3, -0.25) is 0 Å². The predicted octanol–water partition coefficient (Wildman–Crippen LogP) is 1.04. The summed E-state index contributed by atoms with van der Waals surface area (Å²) in [6.07, 6.45) is 4.92. The number of nitrogens with one attached hydrogen (secondary N) is 1. The highest BCUT2D eigenvalue weighted by molar-refractivity contribution is 7.18. The van der Waals surface area contributed by atoms with Crippen LogP contribution in [0.25, 0.3) is 10.6 Å². The SMILES string of the molecule is CNc1nnc(-c2cncnc2)s1. The Morgan fingerprint density at radius 1 is 1.23 bits per heavy atom. The summed E-state index contributed by atoms with van der Waals surface area (Å²) in [7, 11) is 1.81. The Morgan fingerprint density at radius 3 is 2.62 bits per heavy atom. The van der Waals surface area contributed by atoms with Gasteiger partial charge in [0.15, 0.2) is 5.01 Å². The van der Waals surface area contributed by atoms with Crippen LogP contribution < -0.4 is 5.32 Å². The highest BCUT2D eigenvalue weighted by Crippen LogP contribution is 2.24. The van der Waals surface area contributed by atoms with Gasteiger partial charge in [-0.05, 0) is 0 Å². The quantitative estimate of drug-likeness (QED) is 0.772. The van der Waals surface area contributed by atoms with Crippen molar-refractivity contribution in [1.29, 1.82) is 0 Å². The average Bonchev–Trinajstić information content (AvgIpc) is 2.67. The van der Waals surface area contributed by atoms with Crippen LogP contribution in [0.5, 0.6) is 0 Å². The Labute approximate surface area is 78.9 Å². The Kier molecular flexibility index (Phi) is 2.13. The first-order valence-electron chi connectivity index (χ1n) is 3.67. The zero-order valence-corrected chi connectivity index (χ0v) is 7.75. The maximum atomic E-state index is 3.98. The molecule has 0 aliphatic heterocycles. The average molecular weight is 193 g/mol. The van der Waals surface area contributed by atoms with E-state index < -0.39 is 0 Å². The van der Waals surface area contributed by atoms with Crippen molar-refractivity contribution in [1.82, 2.24) is 20.2 Å². The summed E-state index contributed by atoms with van der Waals surface area (Å²) in [4.78, 5) is 7.81. The zero-order valence-electron chi connectivity index (χ0n) is 6.93. The summed E-state index contributed by atoms with van der Waals surface area (Å²) in [6, 6.07) is 0. The first kappa shape index (κ1) is 8.06. The summed E-state index contributed by atoms with van der Waals surface area (Å²) in [5.74, 6) is 0. The minimum absolute atomic E-state index is 0.791. The maximum absolute atomic E-state index is 3.98. The molecule has 0 atom stereocenters. The molecule has 0 aromatic carbocycles. The fraction of sp³-hybridized carbons (Fsp3) is 0.143. The molecule has 6 heteroatoms. The van der Waals surface area contributed by atoms with Gasteiger partial charge in [0.2, 0.25) is 5.13 Å². The molecule has 13 heavy (non-hydrogen) atoms. The van der Waals surface area contributed by atoms with Crippen molar-refractivity contribution in [3.63, 3.8) is 0 Å². The molecule has 0 spiro atoms. The molecule has 0 amide bonds. The van der Waals surface area contributed by atoms with Gasteiger partial charge in [0.25, 0.3) is 0 Å². The van der Waals surface area contributed by atoms with Crippen LogP contribution in [0.2, 0.25) is 0 Å². The molecule has 0 saturated carbocycles. The summed E-state index contributed by atoms with van der Waals surface area (Å²) in [5, 5.41) is 12.4. The van der Waals surface area contributed by atoms with Gasteiger partial charge in [-0.1, -0.05) is 11.3 Å². The fourth-order valence-corrected chi connectivity index (χ4v) is 1.52. The third kappa shape index (κ3) is 1.62. The zero-order chi connectivity index (χ0) is 9.10. The number of hydrogen-bond acceptors (Lipinski definition) is 6. The molecule has 0 saturated heterocycles. The minimum atomic E-state index is 0.791. The van der Waals surface area contributed by atoms with Crippen molar-refractivity contribution in [2.45, 2.75) is 0 Å². The molecule has 0 unspecified atom stereocenters. The van der Waals surface area contributed by atoms with E-state index in [1.54, 1.807) is 12.4 Å². The van der Waals surface area contributed by atoms with Gasteiger partial charge in [0, 0.05) is 25.0 Å². The van der Waals surface area contributed by atoms with E-state index in [2.05, 4.69) is 25.5 Å². The van der Waals surface area contributed by atoms with Gasteiger partial charge in [0.1, 0.15) is 6.33 Å². The number of aromatic nitrogens is 4. The normalized spacial score (nSPS) is 9.92. The molecule has 0 aliphatic carbocycles. The van der Waals surface area contributed by atoms with Crippen molar-refractivity contribution in [2.75, 3.05) is 12.4 Å². The van der Waals surface area contributed by atoms with Crippen LogP contribution in [0.4, 0.5) is 5.13 Å². The van der Waals surface area contributed by atoms with Crippen LogP contribution in [0, 0.1) is 0 Å². The van der Waals surface area contributed by atoms with Crippen LogP contribution in [0.15, 0.2) is 18.7 Å². The van der Waals surface area contributed by atoms with E-state index in [9.17, 15) is 0 Å². The van der Waals surface area contributed by atoms with Crippen LogP contribution in [0.1, 0.15) is 0 Å². The molecule has 2 heterocycles. The lowest BCUT2D eigenvalue weighted by molar-refractivity contribution is 1.08. The molecule has 2 aromatic rings. The van der Waals surface area contributed by atoms with Crippen molar-refractivity contribution in [3.05, 3.63) is 18.7 Å². The van der Waals surface area contributed by atoms with E-state index in [1.807, 2.05) is 7.05 Å². The summed E-state index contributed by atoms with van der Waals surface area (Å²) < 4.78 is 0. The third-order valence-corrected chi connectivity index (χ3v) is 2.44. The van der Waals surface area contributed by atoms with Gasteiger partial charge in [-0.15, -0.1) is 10.2 Å². The lowest BCUT2D eigenvalue weighted by atomic mass is 10.4. The summed E-state index contributed by atoms with van der Waals surface area (Å²) >= 11 is 1.47. The third-order valence-electron chi connectivity index (χ3n) is 1.45. The molecule has 2 rings (SSSR count). The lowest BCUT2D eigenvalue weighted by Crippen LogP contribution is -1.84. The molecule has 0 aliphatic rings. The van der Waals surface area contributed by atoms with Crippen LogP contribution >= 0.6 is 11.3 Å². The molecular weight excluding hydrogens is 186 g/mol. The van der Waals surface area contributed by atoms with Gasteiger partial charge in [-0.2, -0.15) is 0 Å². The number of anilines is 1. The fourth-order valence-electron chi connectivity index (χ4n) is 0.850. The Bertz CT molecular complexity index is 385. The van der Waals surface area contributed by atoms with Crippen molar-refractivity contribution in [3.8, 4) is 10.6 Å². The van der Waals surface area contributed by atoms with Crippen LogP contribution in [-0.4, -0.2) is 27.2 Å². The molecule has 0 fully saturated rings. The minimum Gasteiger partial charge on any atom is -0.363 e. The summed E-state index contributed by atoms with van der Waals surface area (Å²) in [5.41, 5.74) is 0.890. The largest absolute Gasteiger partial charge is 0.363 e. The van der Waals surface area contributed by atoms with E-state index in [1.165, 1.54) is 17.7 Å². The van der Waals surface area contributed by atoms with E-state index in [0.29, 0.717) is 0 Å². The van der Waals surface area contributed by atoms with E-state index >= 15 is 0 Å². The smallest absolute Gasteiger partial charge is 0.205 e.